The lowest BCUT2D eigenvalue weighted by Crippen LogP contribution is -2.52. The largest absolute Gasteiger partial charge is 0.355 e. The maximum Gasteiger partial charge on any atom is 0.225 e. The van der Waals surface area contributed by atoms with Crippen LogP contribution in [0.5, 0.6) is 0 Å². The lowest BCUT2D eigenvalue weighted by molar-refractivity contribution is -0.139. The number of aliphatic imine (C=N–C) groups is 1. The van der Waals surface area contributed by atoms with E-state index in [1.54, 1.807) is 13.1 Å². The fraction of sp³-hybridized carbons (Fsp3) is 0.619. The fourth-order valence-electron chi connectivity index (χ4n) is 3.70. The van der Waals surface area contributed by atoms with Crippen molar-refractivity contribution in [3.63, 3.8) is 0 Å². The Morgan fingerprint density at radius 3 is 2.52 bits per heavy atom. The van der Waals surface area contributed by atoms with E-state index in [0.717, 1.165) is 51.6 Å². The normalized spacial score (nSPS) is 19.6. The standard InChI is InChI=1S/C21H31F2N5O/c1-15(17-6-7-18(22)19(23)14-17)26-21(24-2)25-8-9-27-10-12-28(13-11-27)20(29)16-4-3-5-16/h6-7,14-16H,3-5,8-13H2,1-2H3,(H2,24,25,26). The van der Waals surface area contributed by atoms with E-state index in [9.17, 15) is 13.6 Å². The van der Waals surface area contributed by atoms with Crippen molar-refractivity contribution in [1.29, 1.82) is 0 Å². The van der Waals surface area contributed by atoms with Gasteiger partial charge in [-0.2, -0.15) is 0 Å². The van der Waals surface area contributed by atoms with Crippen molar-refractivity contribution >= 4 is 11.9 Å². The van der Waals surface area contributed by atoms with Gasteiger partial charge in [-0.3, -0.25) is 14.7 Å². The van der Waals surface area contributed by atoms with E-state index in [1.807, 2.05) is 11.8 Å². The number of hydrogen-bond acceptors (Lipinski definition) is 3. The molecular weight excluding hydrogens is 376 g/mol. The van der Waals surface area contributed by atoms with Crippen LogP contribution in [0.1, 0.15) is 37.8 Å². The summed E-state index contributed by atoms with van der Waals surface area (Å²) in [4.78, 5) is 20.9. The molecule has 1 heterocycles. The molecule has 6 nitrogen and oxygen atoms in total. The highest BCUT2D eigenvalue weighted by Gasteiger charge is 2.31. The Labute approximate surface area is 171 Å². The molecule has 1 amide bonds. The van der Waals surface area contributed by atoms with Crippen molar-refractivity contribution in [2.24, 2.45) is 10.9 Å². The Bertz CT molecular complexity index is 730. The first-order valence-corrected chi connectivity index (χ1v) is 10.4. The summed E-state index contributed by atoms with van der Waals surface area (Å²) in [6, 6.07) is 3.68. The Morgan fingerprint density at radius 1 is 1.21 bits per heavy atom. The van der Waals surface area contributed by atoms with Gasteiger partial charge >= 0.3 is 0 Å². The first kappa shape index (κ1) is 21.5. The molecule has 1 aromatic rings. The molecule has 29 heavy (non-hydrogen) atoms. The number of benzene rings is 1. The topological polar surface area (TPSA) is 60.0 Å². The predicted molar refractivity (Wildman–Crippen MR) is 110 cm³/mol. The molecule has 1 aromatic carbocycles. The van der Waals surface area contributed by atoms with Gasteiger partial charge in [-0.15, -0.1) is 0 Å². The minimum absolute atomic E-state index is 0.211. The monoisotopic (exact) mass is 407 g/mol. The van der Waals surface area contributed by atoms with Gasteiger partial charge in [0.25, 0.3) is 0 Å². The third-order valence-corrected chi connectivity index (χ3v) is 5.88. The number of carbonyl (C=O) groups is 1. The molecule has 0 bridgehead atoms. The first-order chi connectivity index (χ1) is 14.0. The zero-order valence-corrected chi connectivity index (χ0v) is 17.3. The van der Waals surface area contributed by atoms with Crippen LogP contribution in [0.2, 0.25) is 0 Å². The number of hydrogen-bond donors (Lipinski definition) is 2. The first-order valence-electron chi connectivity index (χ1n) is 10.4. The lowest BCUT2D eigenvalue weighted by Gasteiger charge is -2.38. The molecular formula is C21H31F2N5O. The van der Waals surface area contributed by atoms with E-state index in [-0.39, 0.29) is 12.0 Å². The van der Waals surface area contributed by atoms with Crippen LogP contribution in [0, 0.1) is 17.6 Å². The van der Waals surface area contributed by atoms with Gasteiger partial charge in [-0.1, -0.05) is 12.5 Å². The van der Waals surface area contributed by atoms with Gasteiger partial charge in [0.1, 0.15) is 0 Å². The number of rotatable bonds is 6. The van der Waals surface area contributed by atoms with Gasteiger partial charge in [-0.05, 0) is 37.5 Å². The van der Waals surface area contributed by atoms with E-state index in [4.69, 9.17) is 0 Å². The number of piperazine rings is 1. The third-order valence-electron chi connectivity index (χ3n) is 5.88. The summed E-state index contributed by atoms with van der Waals surface area (Å²) >= 11 is 0. The Balaban J connectivity index is 1.37. The van der Waals surface area contributed by atoms with Crippen LogP contribution in [0.25, 0.3) is 0 Å². The molecule has 0 spiro atoms. The average molecular weight is 408 g/mol. The zero-order valence-electron chi connectivity index (χ0n) is 17.3. The van der Waals surface area contributed by atoms with Gasteiger partial charge in [0.2, 0.25) is 5.91 Å². The predicted octanol–water partition coefficient (Wildman–Crippen LogP) is 2.14. The van der Waals surface area contributed by atoms with Gasteiger partial charge in [-0.25, -0.2) is 8.78 Å². The molecule has 1 saturated heterocycles. The minimum atomic E-state index is -0.853. The maximum absolute atomic E-state index is 13.4. The summed E-state index contributed by atoms with van der Waals surface area (Å²) < 4.78 is 26.5. The van der Waals surface area contributed by atoms with Crippen molar-refractivity contribution in [3.8, 4) is 0 Å². The number of nitrogens with one attached hydrogen (secondary N) is 2. The maximum atomic E-state index is 13.4. The summed E-state index contributed by atoms with van der Waals surface area (Å²) in [6.07, 6.45) is 3.29. The second-order valence-corrected chi connectivity index (χ2v) is 7.83. The molecule has 3 rings (SSSR count). The van der Waals surface area contributed by atoms with Crippen LogP contribution in [0.4, 0.5) is 8.78 Å². The summed E-state index contributed by atoms with van der Waals surface area (Å²) in [5, 5.41) is 6.46. The number of amides is 1. The quantitative estimate of drug-likeness (QED) is 0.560. The van der Waals surface area contributed by atoms with E-state index in [2.05, 4.69) is 20.5 Å². The molecule has 2 N–H and O–H groups in total. The molecule has 1 unspecified atom stereocenters. The van der Waals surface area contributed by atoms with Crippen LogP contribution in [-0.2, 0) is 4.79 Å². The Morgan fingerprint density at radius 2 is 1.93 bits per heavy atom. The van der Waals surface area contributed by atoms with Crippen molar-refractivity contribution in [2.75, 3.05) is 46.3 Å². The molecule has 2 aliphatic rings. The van der Waals surface area contributed by atoms with Crippen molar-refractivity contribution in [1.82, 2.24) is 20.4 Å². The molecule has 1 saturated carbocycles. The van der Waals surface area contributed by atoms with Crippen molar-refractivity contribution in [3.05, 3.63) is 35.4 Å². The SMILES string of the molecule is CN=C(NCCN1CCN(C(=O)C2CCC2)CC1)NC(C)c1ccc(F)c(F)c1. The minimum Gasteiger partial charge on any atom is -0.355 e. The molecule has 2 fully saturated rings. The van der Waals surface area contributed by atoms with E-state index >= 15 is 0 Å². The highest BCUT2D eigenvalue weighted by molar-refractivity contribution is 5.80. The molecule has 8 heteroatoms. The molecule has 1 aliphatic carbocycles. The summed E-state index contributed by atoms with van der Waals surface area (Å²) in [5.74, 6) is -0.480. The summed E-state index contributed by atoms with van der Waals surface area (Å²) in [7, 11) is 1.68. The van der Waals surface area contributed by atoms with Gasteiger partial charge in [0, 0.05) is 52.2 Å². The zero-order chi connectivity index (χ0) is 20.8. The second kappa shape index (κ2) is 10.0. The van der Waals surface area contributed by atoms with Gasteiger partial charge in [0.05, 0.1) is 6.04 Å². The average Bonchev–Trinajstić information content (AvgIpc) is 2.68. The number of nitrogens with zero attached hydrogens (tertiary/aromatic N) is 3. The Hall–Kier alpha value is -2.22. The van der Waals surface area contributed by atoms with Gasteiger partial charge in [0.15, 0.2) is 17.6 Å². The van der Waals surface area contributed by atoms with Crippen LogP contribution < -0.4 is 10.6 Å². The molecule has 0 radical (unpaired) electrons. The highest BCUT2D eigenvalue weighted by Crippen LogP contribution is 2.28. The van der Waals surface area contributed by atoms with E-state index in [1.165, 1.54) is 12.5 Å². The third kappa shape index (κ3) is 5.65. The number of halogens is 2. The molecule has 0 aromatic heterocycles. The van der Waals surface area contributed by atoms with Gasteiger partial charge < -0.3 is 15.5 Å². The van der Waals surface area contributed by atoms with Crippen LogP contribution >= 0.6 is 0 Å². The highest BCUT2D eigenvalue weighted by atomic mass is 19.2. The molecule has 1 aliphatic heterocycles. The number of guanidine groups is 1. The smallest absolute Gasteiger partial charge is 0.225 e. The van der Waals surface area contributed by atoms with E-state index in [0.29, 0.717) is 24.0 Å². The fourth-order valence-corrected chi connectivity index (χ4v) is 3.70. The second-order valence-electron chi connectivity index (χ2n) is 7.83. The van der Waals surface area contributed by atoms with E-state index < -0.39 is 11.6 Å². The van der Waals surface area contributed by atoms with Crippen molar-refractivity contribution in [2.45, 2.75) is 32.2 Å². The summed E-state index contributed by atoms with van der Waals surface area (Å²) in [5.41, 5.74) is 0.652. The lowest BCUT2D eigenvalue weighted by atomic mass is 9.84. The van der Waals surface area contributed by atoms with Crippen LogP contribution in [-0.4, -0.2) is 68.0 Å². The van der Waals surface area contributed by atoms with Crippen LogP contribution in [0.3, 0.4) is 0 Å². The van der Waals surface area contributed by atoms with Crippen LogP contribution in [0.15, 0.2) is 23.2 Å². The molecule has 160 valence electrons. The summed E-state index contributed by atoms with van der Waals surface area (Å²) in [6.45, 7) is 6.81. The Kier molecular flexibility index (Phi) is 7.41. The molecule has 1 atom stereocenters. The number of carbonyl (C=O) groups excluding carboxylic acids is 1. The van der Waals surface area contributed by atoms with Crippen molar-refractivity contribution < 1.29 is 13.6 Å².